The first-order chi connectivity index (χ1) is 7.01. The van der Waals surface area contributed by atoms with Gasteiger partial charge in [-0.3, -0.25) is 0 Å². The molecule has 1 aromatic rings. The van der Waals surface area contributed by atoms with Crippen molar-refractivity contribution in [2.75, 3.05) is 7.05 Å². The third kappa shape index (κ3) is 2.81. The minimum Gasteiger partial charge on any atom is -0.338 e. The molecule has 1 rings (SSSR count). The first-order valence-electron chi connectivity index (χ1n) is 5.64. The molecule has 0 aromatic carbocycles. The predicted molar refractivity (Wildman–Crippen MR) is 63.8 cm³/mol. The molecule has 0 spiro atoms. The average Bonchev–Trinajstić information content (AvgIpc) is 2.60. The van der Waals surface area contributed by atoms with Crippen LogP contribution in [0.2, 0.25) is 0 Å². The van der Waals surface area contributed by atoms with Gasteiger partial charge in [0, 0.05) is 31.9 Å². The van der Waals surface area contributed by atoms with Gasteiger partial charge in [-0.05, 0) is 18.9 Å². The fraction of sp³-hybridized carbons (Fsp3) is 0.750. The molecule has 1 N–H and O–H groups in total. The molecule has 0 bridgehead atoms. The van der Waals surface area contributed by atoms with Crippen molar-refractivity contribution in [1.82, 2.24) is 14.9 Å². The van der Waals surface area contributed by atoms with Gasteiger partial charge in [-0.25, -0.2) is 4.98 Å². The molecule has 0 aliphatic heterocycles. The van der Waals surface area contributed by atoms with Gasteiger partial charge in [-0.15, -0.1) is 0 Å². The van der Waals surface area contributed by atoms with E-state index in [-0.39, 0.29) is 0 Å². The second kappa shape index (κ2) is 4.79. The highest BCUT2D eigenvalue weighted by Crippen LogP contribution is 2.26. The van der Waals surface area contributed by atoms with Crippen LogP contribution in [0, 0.1) is 5.41 Å². The van der Waals surface area contributed by atoms with Gasteiger partial charge in [0.1, 0.15) is 5.82 Å². The number of imidazole rings is 1. The number of aryl methyl sites for hydroxylation is 1. The first-order valence-corrected chi connectivity index (χ1v) is 5.64. The van der Waals surface area contributed by atoms with Crippen molar-refractivity contribution in [2.24, 2.45) is 12.5 Å². The fourth-order valence-electron chi connectivity index (χ4n) is 1.79. The summed E-state index contributed by atoms with van der Waals surface area (Å²) in [5, 5.41) is 3.41. The van der Waals surface area contributed by atoms with Crippen LogP contribution in [-0.2, 0) is 13.5 Å². The normalized spacial score (nSPS) is 14.2. The topological polar surface area (TPSA) is 29.9 Å². The Morgan fingerprint density at radius 2 is 2.20 bits per heavy atom. The highest BCUT2D eigenvalue weighted by molar-refractivity contribution is 4.97. The number of aromatic nitrogens is 2. The van der Waals surface area contributed by atoms with E-state index in [1.165, 1.54) is 6.42 Å². The van der Waals surface area contributed by atoms with Gasteiger partial charge in [0.15, 0.2) is 0 Å². The molecule has 3 nitrogen and oxygen atoms in total. The summed E-state index contributed by atoms with van der Waals surface area (Å²) >= 11 is 0. The Hall–Kier alpha value is -0.830. The lowest BCUT2D eigenvalue weighted by molar-refractivity contribution is 0.237. The molecule has 3 heteroatoms. The molecule has 15 heavy (non-hydrogen) atoms. The summed E-state index contributed by atoms with van der Waals surface area (Å²) in [5.74, 6) is 1.15. The largest absolute Gasteiger partial charge is 0.338 e. The number of rotatable bonds is 5. The minimum absolute atomic E-state index is 0.306. The van der Waals surface area contributed by atoms with E-state index >= 15 is 0 Å². The third-order valence-corrected chi connectivity index (χ3v) is 3.51. The van der Waals surface area contributed by atoms with Crippen molar-refractivity contribution in [3.8, 4) is 0 Å². The maximum atomic E-state index is 4.37. The van der Waals surface area contributed by atoms with Crippen molar-refractivity contribution in [3.63, 3.8) is 0 Å². The molecule has 0 radical (unpaired) electrons. The van der Waals surface area contributed by atoms with Gasteiger partial charge in [0.25, 0.3) is 0 Å². The Kier molecular flexibility index (Phi) is 3.91. The van der Waals surface area contributed by atoms with Gasteiger partial charge in [0.05, 0.1) is 0 Å². The lowest BCUT2D eigenvalue weighted by Crippen LogP contribution is -2.41. The van der Waals surface area contributed by atoms with Crippen LogP contribution in [0.5, 0.6) is 0 Å². The summed E-state index contributed by atoms with van der Waals surface area (Å²) in [6.07, 6.45) is 6.02. The van der Waals surface area contributed by atoms with Crippen LogP contribution < -0.4 is 5.32 Å². The molecule has 0 aliphatic rings. The first kappa shape index (κ1) is 12.2. The van der Waals surface area contributed by atoms with Crippen LogP contribution in [0.25, 0.3) is 0 Å². The Morgan fingerprint density at radius 3 is 2.60 bits per heavy atom. The molecular weight excluding hydrogens is 186 g/mol. The summed E-state index contributed by atoms with van der Waals surface area (Å²) in [5.41, 5.74) is 0.306. The Morgan fingerprint density at radius 1 is 1.53 bits per heavy atom. The number of nitrogens with zero attached hydrogens (tertiary/aromatic N) is 2. The SMILES string of the molecule is CCC(C)(C)C(Cc1nccn1C)NC. The monoisotopic (exact) mass is 209 g/mol. The number of hydrogen-bond donors (Lipinski definition) is 1. The predicted octanol–water partition coefficient (Wildman–Crippen LogP) is 1.99. The van der Waals surface area contributed by atoms with Crippen LogP contribution in [-0.4, -0.2) is 22.6 Å². The van der Waals surface area contributed by atoms with Crippen molar-refractivity contribution >= 4 is 0 Å². The summed E-state index contributed by atoms with van der Waals surface area (Å²) < 4.78 is 2.09. The zero-order chi connectivity index (χ0) is 11.5. The zero-order valence-electron chi connectivity index (χ0n) is 10.5. The van der Waals surface area contributed by atoms with Gasteiger partial charge >= 0.3 is 0 Å². The minimum atomic E-state index is 0.306. The molecule has 1 heterocycles. The van der Waals surface area contributed by atoms with Crippen molar-refractivity contribution in [2.45, 2.75) is 39.7 Å². The van der Waals surface area contributed by atoms with Crippen LogP contribution >= 0.6 is 0 Å². The van der Waals surface area contributed by atoms with Crippen molar-refractivity contribution in [1.29, 1.82) is 0 Å². The van der Waals surface area contributed by atoms with E-state index in [0.717, 1.165) is 12.2 Å². The molecule has 86 valence electrons. The zero-order valence-corrected chi connectivity index (χ0v) is 10.5. The molecule has 1 aromatic heterocycles. The van der Waals surface area contributed by atoms with E-state index in [1.807, 2.05) is 26.5 Å². The smallest absolute Gasteiger partial charge is 0.109 e. The van der Waals surface area contributed by atoms with Crippen LogP contribution in [0.1, 0.15) is 33.0 Å². The van der Waals surface area contributed by atoms with Gasteiger partial charge in [-0.2, -0.15) is 0 Å². The third-order valence-electron chi connectivity index (χ3n) is 3.51. The number of nitrogens with one attached hydrogen (secondary N) is 1. The lowest BCUT2D eigenvalue weighted by Gasteiger charge is -2.33. The van der Waals surface area contributed by atoms with E-state index < -0.39 is 0 Å². The van der Waals surface area contributed by atoms with E-state index in [2.05, 4.69) is 35.6 Å². The second-order valence-corrected chi connectivity index (χ2v) is 4.84. The quantitative estimate of drug-likeness (QED) is 0.803. The fourth-order valence-corrected chi connectivity index (χ4v) is 1.79. The van der Waals surface area contributed by atoms with Gasteiger partial charge in [0.2, 0.25) is 0 Å². The number of likely N-dealkylation sites (N-methyl/N-ethyl adjacent to an activating group) is 1. The van der Waals surface area contributed by atoms with E-state index in [1.54, 1.807) is 0 Å². The maximum absolute atomic E-state index is 4.37. The van der Waals surface area contributed by atoms with Crippen LogP contribution in [0.15, 0.2) is 12.4 Å². The Bertz CT molecular complexity index is 302. The average molecular weight is 209 g/mol. The Balaban J connectivity index is 2.74. The highest BCUT2D eigenvalue weighted by Gasteiger charge is 2.27. The summed E-state index contributed by atoms with van der Waals surface area (Å²) in [6, 6.07) is 0.476. The van der Waals surface area contributed by atoms with Gasteiger partial charge in [-0.1, -0.05) is 20.8 Å². The van der Waals surface area contributed by atoms with Crippen LogP contribution in [0.4, 0.5) is 0 Å². The molecule has 1 unspecified atom stereocenters. The highest BCUT2D eigenvalue weighted by atomic mass is 15.0. The van der Waals surface area contributed by atoms with Gasteiger partial charge < -0.3 is 9.88 Å². The van der Waals surface area contributed by atoms with Crippen molar-refractivity contribution < 1.29 is 0 Å². The second-order valence-electron chi connectivity index (χ2n) is 4.84. The van der Waals surface area contributed by atoms with E-state index in [4.69, 9.17) is 0 Å². The molecule has 0 saturated heterocycles. The standard InChI is InChI=1S/C12H23N3/c1-6-12(2,3)10(13-4)9-11-14-7-8-15(11)5/h7-8,10,13H,6,9H2,1-5H3. The van der Waals surface area contributed by atoms with E-state index in [0.29, 0.717) is 11.5 Å². The molecule has 0 aliphatic carbocycles. The summed E-state index contributed by atoms with van der Waals surface area (Å²) in [4.78, 5) is 4.37. The molecule has 0 saturated carbocycles. The van der Waals surface area contributed by atoms with Crippen LogP contribution in [0.3, 0.4) is 0 Å². The molecule has 1 atom stereocenters. The molecule has 0 fully saturated rings. The summed E-state index contributed by atoms with van der Waals surface area (Å²) in [6.45, 7) is 6.84. The molecule has 0 amide bonds. The maximum Gasteiger partial charge on any atom is 0.109 e. The summed E-state index contributed by atoms with van der Waals surface area (Å²) in [7, 11) is 4.08. The van der Waals surface area contributed by atoms with Crippen molar-refractivity contribution in [3.05, 3.63) is 18.2 Å². The lowest BCUT2D eigenvalue weighted by atomic mass is 9.80. The number of hydrogen-bond acceptors (Lipinski definition) is 2. The Labute approximate surface area is 92.9 Å². The van der Waals surface area contributed by atoms with E-state index in [9.17, 15) is 0 Å². The molecular formula is C12H23N3.